The third kappa shape index (κ3) is 4.17. The van der Waals surface area contributed by atoms with Gasteiger partial charge in [0.15, 0.2) is 0 Å². The van der Waals surface area contributed by atoms with E-state index < -0.39 is 5.97 Å². The minimum absolute atomic E-state index is 0.00287. The van der Waals surface area contributed by atoms with Gasteiger partial charge in [0.25, 0.3) is 5.91 Å². The molecular weight excluding hydrogens is 402 g/mol. The SMILES string of the molecule is NC(=S)c1ccc(-c2cn3ccc(C(=O)N4CCN(CC(=O)O)CC4)cc3n2)cc1. The first-order valence-corrected chi connectivity index (χ1v) is 9.94. The predicted octanol–water partition coefficient (Wildman–Crippen LogP) is 1.48. The third-order valence-electron chi connectivity index (χ3n) is 5.19. The van der Waals surface area contributed by atoms with Crippen LogP contribution in [0.25, 0.3) is 16.9 Å². The first kappa shape index (κ1) is 20.0. The second-order valence-corrected chi connectivity index (χ2v) is 7.65. The molecule has 0 unspecified atom stereocenters. The summed E-state index contributed by atoms with van der Waals surface area (Å²) < 4.78 is 1.87. The molecule has 1 saturated heterocycles. The highest BCUT2D eigenvalue weighted by atomic mass is 32.1. The Morgan fingerprint density at radius 2 is 1.77 bits per heavy atom. The number of amides is 1. The second-order valence-electron chi connectivity index (χ2n) is 7.21. The van der Waals surface area contributed by atoms with Gasteiger partial charge in [-0.15, -0.1) is 0 Å². The number of fused-ring (bicyclic) bond motifs is 1. The van der Waals surface area contributed by atoms with Crippen LogP contribution in [0.5, 0.6) is 0 Å². The predicted molar refractivity (Wildman–Crippen MR) is 116 cm³/mol. The summed E-state index contributed by atoms with van der Waals surface area (Å²) in [6.07, 6.45) is 3.73. The maximum atomic E-state index is 12.9. The van der Waals surface area contributed by atoms with E-state index in [9.17, 15) is 9.59 Å². The van der Waals surface area contributed by atoms with Crippen molar-refractivity contribution in [1.29, 1.82) is 0 Å². The highest BCUT2D eigenvalue weighted by Gasteiger charge is 2.23. The van der Waals surface area contributed by atoms with Crippen molar-refractivity contribution in [3.05, 3.63) is 59.9 Å². The zero-order valence-electron chi connectivity index (χ0n) is 16.2. The average Bonchev–Trinajstić information content (AvgIpc) is 3.17. The first-order chi connectivity index (χ1) is 14.4. The van der Waals surface area contributed by atoms with Crippen LogP contribution < -0.4 is 5.73 Å². The molecule has 1 aromatic carbocycles. The van der Waals surface area contributed by atoms with Gasteiger partial charge in [-0.1, -0.05) is 36.5 Å². The van der Waals surface area contributed by atoms with Gasteiger partial charge in [-0.2, -0.15) is 0 Å². The normalized spacial score (nSPS) is 14.7. The number of hydrogen-bond acceptors (Lipinski definition) is 5. The topological polar surface area (TPSA) is 104 Å². The van der Waals surface area contributed by atoms with Gasteiger partial charge in [-0.05, 0) is 12.1 Å². The van der Waals surface area contributed by atoms with Crippen LogP contribution in [-0.2, 0) is 4.79 Å². The molecule has 30 heavy (non-hydrogen) atoms. The van der Waals surface area contributed by atoms with Crippen LogP contribution in [0.2, 0.25) is 0 Å². The molecule has 0 spiro atoms. The van der Waals surface area contributed by atoms with Crippen LogP contribution >= 0.6 is 12.2 Å². The fourth-order valence-corrected chi connectivity index (χ4v) is 3.68. The number of nitrogens with zero attached hydrogens (tertiary/aromatic N) is 4. The van der Waals surface area contributed by atoms with Crippen molar-refractivity contribution < 1.29 is 14.7 Å². The molecular formula is C21H21N5O3S. The van der Waals surface area contributed by atoms with Gasteiger partial charge in [0.05, 0.1) is 12.2 Å². The molecule has 0 aliphatic carbocycles. The smallest absolute Gasteiger partial charge is 0.317 e. The number of carboxylic acids is 1. The highest BCUT2D eigenvalue weighted by Crippen LogP contribution is 2.21. The zero-order chi connectivity index (χ0) is 21.3. The Morgan fingerprint density at radius 3 is 2.40 bits per heavy atom. The summed E-state index contributed by atoms with van der Waals surface area (Å²) in [7, 11) is 0. The van der Waals surface area contributed by atoms with Crippen LogP contribution in [0.4, 0.5) is 0 Å². The third-order valence-corrected chi connectivity index (χ3v) is 5.43. The van der Waals surface area contributed by atoms with Gasteiger partial charge < -0.3 is 20.1 Å². The number of carbonyl (C=O) groups excluding carboxylic acids is 1. The van der Waals surface area contributed by atoms with Crippen molar-refractivity contribution >= 4 is 34.7 Å². The van der Waals surface area contributed by atoms with Gasteiger partial charge in [0.1, 0.15) is 10.6 Å². The summed E-state index contributed by atoms with van der Waals surface area (Å²) in [6, 6.07) is 11.1. The Labute approximate surface area is 178 Å². The number of thiocarbonyl (C=S) groups is 1. The molecule has 0 radical (unpaired) electrons. The van der Waals surface area contributed by atoms with Crippen molar-refractivity contribution in [3.63, 3.8) is 0 Å². The van der Waals surface area contributed by atoms with Gasteiger partial charge >= 0.3 is 5.97 Å². The summed E-state index contributed by atoms with van der Waals surface area (Å²) >= 11 is 4.99. The molecule has 1 aliphatic rings. The number of pyridine rings is 1. The number of carbonyl (C=O) groups is 2. The van der Waals surface area contributed by atoms with Gasteiger partial charge in [0.2, 0.25) is 0 Å². The molecule has 9 heteroatoms. The quantitative estimate of drug-likeness (QED) is 0.599. The maximum Gasteiger partial charge on any atom is 0.317 e. The minimum Gasteiger partial charge on any atom is -0.480 e. The lowest BCUT2D eigenvalue weighted by atomic mass is 10.1. The van der Waals surface area contributed by atoms with Gasteiger partial charge in [-0.25, -0.2) is 4.98 Å². The number of imidazole rings is 1. The zero-order valence-corrected chi connectivity index (χ0v) is 17.0. The van der Waals surface area contributed by atoms with E-state index >= 15 is 0 Å². The summed E-state index contributed by atoms with van der Waals surface area (Å²) in [4.78, 5) is 32.3. The Kier molecular flexibility index (Phi) is 5.47. The number of aromatic nitrogens is 2. The molecule has 4 rings (SSSR count). The van der Waals surface area contributed by atoms with E-state index in [0.717, 1.165) is 16.8 Å². The molecule has 1 aliphatic heterocycles. The molecule has 0 bridgehead atoms. The Hall–Kier alpha value is -3.30. The number of hydrogen-bond donors (Lipinski definition) is 2. The number of benzene rings is 1. The van der Waals surface area contributed by atoms with E-state index in [1.54, 1.807) is 17.0 Å². The fraction of sp³-hybridized carbons (Fsp3) is 0.238. The van der Waals surface area contributed by atoms with Gasteiger partial charge in [-0.3, -0.25) is 14.5 Å². The van der Waals surface area contributed by atoms with Crippen LogP contribution in [0.3, 0.4) is 0 Å². The summed E-state index contributed by atoms with van der Waals surface area (Å²) in [5.41, 5.74) is 9.41. The van der Waals surface area contributed by atoms with Crippen molar-refractivity contribution in [2.24, 2.45) is 5.73 Å². The molecule has 3 aromatic rings. The Morgan fingerprint density at radius 1 is 1.07 bits per heavy atom. The summed E-state index contributed by atoms with van der Waals surface area (Å²) in [5, 5.41) is 8.90. The van der Waals surface area contributed by atoms with E-state index in [0.29, 0.717) is 42.4 Å². The van der Waals surface area contributed by atoms with Crippen molar-refractivity contribution in [3.8, 4) is 11.3 Å². The molecule has 1 amide bonds. The van der Waals surface area contributed by atoms with Gasteiger partial charge in [0, 0.05) is 55.3 Å². The van der Waals surface area contributed by atoms with E-state index in [-0.39, 0.29) is 12.5 Å². The lowest BCUT2D eigenvalue weighted by Crippen LogP contribution is -2.49. The number of nitrogens with two attached hydrogens (primary N) is 1. The average molecular weight is 423 g/mol. The van der Waals surface area contributed by atoms with Crippen LogP contribution in [0.1, 0.15) is 15.9 Å². The lowest BCUT2D eigenvalue weighted by Gasteiger charge is -2.33. The Bertz CT molecular complexity index is 1120. The van der Waals surface area contributed by atoms with Crippen LogP contribution in [0, 0.1) is 0 Å². The molecule has 0 atom stereocenters. The number of piperazine rings is 1. The molecule has 8 nitrogen and oxygen atoms in total. The van der Waals surface area contributed by atoms with Crippen molar-refractivity contribution in [2.45, 2.75) is 0 Å². The van der Waals surface area contributed by atoms with Crippen molar-refractivity contribution in [1.82, 2.24) is 19.2 Å². The van der Waals surface area contributed by atoms with Crippen LogP contribution in [-0.4, -0.2) is 73.9 Å². The second kappa shape index (κ2) is 8.21. The lowest BCUT2D eigenvalue weighted by molar-refractivity contribution is -0.138. The van der Waals surface area contributed by atoms with E-state index in [4.69, 9.17) is 23.1 Å². The number of rotatable bonds is 5. The monoisotopic (exact) mass is 423 g/mol. The largest absolute Gasteiger partial charge is 0.480 e. The number of aliphatic carboxylic acids is 1. The molecule has 1 fully saturated rings. The van der Waals surface area contributed by atoms with Crippen molar-refractivity contribution in [2.75, 3.05) is 32.7 Å². The highest BCUT2D eigenvalue weighted by molar-refractivity contribution is 7.80. The molecule has 0 saturated carbocycles. The maximum absolute atomic E-state index is 12.9. The minimum atomic E-state index is -0.851. The van der Waals surface area contributed by atoms with E-state index in [2.05, 4.69) is 4.98 Å². The molecule has 3 heterocycles. The van der Waals surface area contributed by atoms with Crippen LogP contribution in [0.15, 0.2) is 48.8 Å². The van der Waals surface area contributed by atoms with E-state index in [1.165, 1.54) is 0 Å². The molecule has 154 valence electrons. The Balaban J connectivity index is 1.50. The fourth-order valence-electron chi connectivity index (χ4n) is 3.54. The molecule has 2 aromatic heterocycles. The first-order valence-electron chi connectivity index (χ1n) is 9.53. The summed E-state index contributed by atoms with van der Waals surface area (Å²) in [6.45, 7) is 2.12. The number of carboxylic acid groups (broad SMARTS) is 1. The molecule has 3 N–H and O–H groups in total. The standard InChI is InChI=1S/C21H21N5O3S/c22-20(30)15-3-1-14(2-4-15)17-12-26-6-5-16(11-18(26)23-17)21(29)25-9-7-24(8-10-25)13-19(27)28/h1-6,11-12H,7-10,13H2,(H2,22,30)(H,27,28). The van der Waals surface area contributed by atoms with E-state index in [1.807, 2.05) is 46.0 Å². The summed E-state index contributed by atoms with van der Waals surface area (Å²) in [5.74, 6) is -0.923.